The number of hydrogen-bond donors (Lipinski definition) is 2. The summed E-state index contributed by atoms with van der Waals surface area (Å²) in [6.07, 6.45) is 0. The Balaban J connectivity index is 1.56. The molecular weight excluding hydrogens is 442 g/mol. The summed E-state index contributed by atoms with van der Waals surface area (Å²) in [6.45, 7) is -0.0116. The van der Waals surface area contributed by atoms with Crippen molar-refractivity contribution in [3.63, 3.8) is 0 Å². The van der Waals surface area contributed by atoms with Crippen LogP contribution >= 0.6 is 11.6 Å². The molecule has 33 heavy (non-hydrogen) atoms. The first-order valence-corrected chi connectivity index (χ1v) is 10.7. The molecule has 0 radical (unpaired) electrons. The van der Waals surface area contributed by atoms with Gasteiger partial charge in [0, 0.05) is 17.7 Å². The number of carbonyl (C=O) groups excluding carboxylic acids is 1. The van der Waals surface area contributed by atoms with Crippen molar-refractivity contribution in [1.29, 1.82) is 0 Å². The summed E-state index contributed by atoms with van der Waals surface area (Å²) in [5.74, 6) is 0.145. The number of nitrogens with zero attached hydrogens (tertiary/aromatic N) is 2. The standard InChI is InChI=1S/C25H22ClN3O4/c1-32-25(31)21(15-30)27-14-16-7-5-10-18(13-16)23-28-29-24(33-23)20-12-6-11-19(22(20)26)17-8-3-2-4-9-17/h2-13,21,27,30H,14-15H2,1H3. The first-order valence-electron chi connectivity index (χ1n) is 10.3. The minimum absolute atomic E-state index is 0.322. The molecule has 168 valence electrons. The minimum atomic E-state index is -0.798. The number of rotatable bonds is 8. The molecule has 0 saturated heterocycles. The summed E-state index contributed by atoms with van der Waals surface area (Å²) in [7, 11) is 1.28. The third-order valence-electron chi connectivity index (χ3n) is 5.13. The van der Waals surface area contributed by atoms with Gasteiger partial charge in [0.15, 0.2) is 0 Å². The molecule has 1 aromatic heterocycles. The Kier molecular flexibility index (Phi) is 7.14. The van der Waals surface area contributed by atoms with Gasteiger partial charge in [-0.2, -0.15) is 0 Å². The third kappa shape index (κ3) is 5.12. The van der Waals surface area contributed by atoms with Crippen molar-refractivity contribution >= 4 is 17.6 Å². The highest BCUT2D eigenvalue weighted by molar-refractivity contribution is 6.35. The molecule has 0 aliphatic carbocycles. The first kappa shape index (κ1) is 22.7. The number of aromatic nitrogens is 2. The van der Waals surface area contributed by atoms with Crippen LogP contribution in [0.1, 0.15) is 5.56 Å². The van der Waals surface area contributed by atoms with E-state index in [4.69, 9.17) is 16.0 Å². The van der Waals surface area contributed by atoms with Crippen LogP contribution in [-0.4, -0.2) is 41.0 Å². The SMILES string of the molecule is COC(=O)C(CO)NCc1cccc(-c2nnc(-c3cccc(-c4ccccc4)c3Cl)o2)c1. The average Bonchev–Trinajstić information content (AvgIpc) is 3.35. The molecule has 0 spiro atoms. The summed E-state index contributed by atoms with van der Waals surface area (Å²) in [4.78, 5) is 11.6. The molecule has 0 saturated carbocycles. The number of halogens is 1. The van der Waals surface area contributed by atoms with Gasteiger partial charge in [-0.1, -0.05) is 66.2 Å². The van der Waals surface area contributed by atoms with Gasteiger partial charge >= 0.3 is 5.97 Å². The third-order valence-corrected chi connectivity index (χ3v) is 5.54. The summed E-state index contributed by atoms with van der Waals surface area (Å²) in [6, 6.07) is 22.2. The highest BCUT2D eigenvalue weighted by atomic mass is 35.5. The average molecular weight is 464 g/mol. The Morgan fingerprint density at radius 2 is 1.70 bits per heavy atom. The van der Waals surface area contributed by atoms with Crippen LogP contribution in [0.4, 0.5) is 0 Å². The molecule has 0 aliphatic heterocycles. The highest BCUT2D eigenvalue weighted by Gasteiger charge is 2.18. The van der Waals surface area contributed by atoms with Crippen LogP contribution in [0.15, 0.2) is 77.2 Å². The lowest BCUT2D eigenvalue weighted by molar-refractivity contribution is -0.144. The molecule has 1 unspecified atom stereocenters. The number of nitrogens with one attached hydrogen (secondary N) is 1. The minimum Gasteiger partial charge on any atom is -0.468 e. The molecule has 1 atom stereocenters. The second-order valence-electron chi connectivity index (χ2n) is 7.29. The number of aliphatic hydroxyl groups excluding tert-OH is 1. The maximum Gasteiger partial charge on any atom is 0.325 e. The largest absolute Gasteiger partial charge is 0.468 e. The Hall–Kier alpha value is -3.52. The van der Waals surface area contributed by atoms with E-state index >= 15 is 0 Å². The predicted molar refractivity (Wildman–Crippen MR) is 125 cm³/mol. The Morgan fingerprint density at radius 3 is 2.45 bits per heavy atom. The molecular formula is C25H22ClN3O4. The number of benzene rings is 3. The van der Waals surface area contributed by atoms with Gasteiger partial charge < -0.3 is 14.3 Å². The van der Waals surface area contributed by atoms with Crippen LogP contribution in [0.5, 0.6) is 0 Å². The first-order chi connectivity index (χ1) is 16.1. The monoisotopic (exact) mass is 463 g/mol. The Bertz CT molecular complexity index is 1240. The molecule has 3 aromatic carbocycles. The zero-order valence-corrected chi connectivity index (χ0v) is 18.6. The van der Waals surface area contributed by atoms with Crippen molar-refractivity contribution in [2.24, 2.45) is 0 Å². The zero-order chi connectivity index (χ0) is 23.2. The fourth-order valence-corrected chi connectivity index (χ4v) is 3.72. The van der Waals surface area contributed by atoms with E-state index in [-0.39, 0.29) is 6.61 Å². The van der Waals surface area contributed by atoms with E-state index < -0.39 is 12.0 Å². The summed E-state index contributed by atoms with van der Waals surface area (Å²) in [5.41, 5.74) is 4.13. The number of ether oxygens (including phenoxy) is 1. The number of methoxy groups -OCH3 is 1. The van der Waals surface area contributed by atoms with E-state index in [1.807, 2.05) is 72.8 Å². The van der Waals surface area contributed by atoms with Gasteiger partial charge in [-0.05, 0) is 29.3 Å². The van der Waals surface area contributed by atoms with E-state index in [0.717, 1.165) is 22.3 Å². The van der Waals surface area contributed by atoms with Gasteiger partial charge in [0.25, 0.3) is 0 Å². The maximum absolute atomic E-state index is 11.6. The van der Waals surface area contributed by atoms with Crippen LogP contribution in [-0.2, 0) is 16.1 Å². The van der Waals surface area contributed by atoms with Crippen molar-refractivity contribution in [3.05, 3.63) is 83.4 Å². The van der Waals surface area contributed by atoms with Gasteiger partial charge in [-0.25, -0.2) is 0 Å². The van der Waals surface area contributed by atoms with E-state index in [1.165, 1.54) is 7.11 Å². The number of hydrogen-bond acceptors (Lipinski definition) is 7. The van der Waals surface area contributed by atoms with Gasteiger partial charge in [0.2, 0.25) is 11.8 Å². The second-order valence-corrected chi connectivity index (χ2v) is 7.66. The van der Waals surface area contributed by atoms with Crippen molar-refractivity contribution in [3.8, 4) is 34.0 Å². The van der Waals surface area contributed by atoms with Gasteiger partial charge in [-0.3, -0.25) is 10.1 Å². The highest BCUT2D eigenvalue weighted by Crippen LogP contribution is 2.36. The van der Waals surface area contributed by atoms with Crippen molar-refractivity contribution in [1.82, 2.24) is 15.5 Å². The fourth-order valence-electron chi connectivity index (χ4n) is 3.41. The van der Waals surface area contributed by atoms with Crippen molar-refractivity contribution < 1.29 is 19.1 Å². The van der Waals surface area contributed by atoms with E-state index in [0.29, 0.717) is 28.9 Å². The molecule has 2 N–H and O–H groups in total. The normalized spacial score (nSPS) is 11.8. The Labute approximate surface area is 196 Å². The molecule has 7 nitrogen and oxygen atoms in total. The molecule has 4 rings (SSSR count). The van der Waals surface area contributed by atoms with Crippen LogP contribution in [0, 0.1) is 0 Å². The summed E-state index contributed by atoms with van der Waals surface area (Å²) >= 11 is 6.69. The fraction of sp³-hybridized carbons (Fsp3) is 0.160. The van der Waals surface area contributed by atoms with Crippen LogP contribution in [0.25, 0.3) is 34.0 Å². The van der Waals surface area contributed by atoms with Crippen molar-refractivity contribution in [2.75, 3.05) is 13.7 Å². The lowest BCUT2D eigenvalue weighted by Gasteiger charge is -2.13. The van der Waals surface area contributed by atoms with Gasteiger partial charge in [0.1, 0.15) is 6.04 Å². The molecule has 0 amide bonds. The predicted octanol–water partition coefficient (Wildman–Crippen LogP) is 4.35. The lowest BCUT2D eigenvalue weighted by Crippen LogP contribution is -2.40. The van der Waals surface area contributed by atoms with Crippen molar-refractivity contribution in [2.45, 2.75) is 12.6 Å². The quantitative estimate of drug-likeness (QED) is 0.375. The summed E-state index contributed by atoms with van der Waals surface area (Å²) in [5, 5.41) is 21.2. The number of carbonyl (C=O) groups is 1. The summed E-state index contributed by atoms with van der Waals surface area (Å²) < 4.78 is 10.6. The van der Waals surface area contributed by atoms with Gasteiger partial charge in [0.05, 0.1) is 24.3 Å². The molecule has 0 bridgehead atoms. The van der Waals surface area contributed by atoms with Gasteiger partial charge in [-0.15, -0.1) is 10.2 Å². The lowest BCUT2D eigenvalue weighted by atomic mass is 10.0. The second kappa shape index (κ2) is 10.4. The van der Waals surface area contributed by atoms with E-state index in [9.17, 15) is 9.90 Å². The molecule has 0 fully saturated rings. The maximum atomic E-state index is 11.6. The topological polar surface area (TPSA) is 97.5 Å². The molecule has 4 aromatic rings. The molecule has 0 aliphatic rings. The number of aliphatic hydroxyl groups is 1. The van der Waals surface area contributed by atoms with E-state index in [1.54, 1.807) is 0 Å². The van der Waals surface area contributed by atoms with E-state index in [2.05, 4.69) is 20.3 Å². The van der Waals surface area contributed by atoms with Crippen LogP contribution < -0.4 is 5.32 Å². The molecule has 1 heterocycles. The smallest absolute Gasteiger partial charge is 0.325 e. The number of esters is 1. The zero-order valence-electron chi connectivity index (χ0n) is 17.9. The van der Waals surface area contributed by atoms with Crippen LogP contribution in [0.2, 0.25) is 5.02 Å². The van der Waals surface area contributed by atoms with Crippen LogP contribution in [0.3, 0.4) is 0 Å². The Morgan fingerprint density at radius 1 is 1.00 bits per heavy atom. The molecule has 8 heteroatoms.